The predicted molar refractivity (Wildman–Crippen MR) is 86.3 cm³/mol. The van der Waals surface area contributed by atoms with Crippen LogP contribution in [0.15, 0.2) is 24.3 Å². The first-order valence-electron chi connectivity index (χ1n) is 6.38. The maximum absolute atomic E-state index is 12.4. The van der Waals surface area contributed by atoms with Gasteiger partial charge in [0.1, 0.15) is 4.99 Å². The van der Waals surface area contributed by atoms with Gasteiger partial charge in [0, 0.05) is 19.2 Å². The van der Waals surface area contributed by atoms with E-state index in [-0.39, 0.29) is 29.7 Å². The number of likely N-dealkylation sites (N-methyl/N-ethyl adjacent to an activating group) is 2. The first-order valence-corrected chi connectivity index (χ1v) is 8.39. The molecule has 1 rings (SSSR count). The molecule has 0 bridgehead atoms. The van der Waals surface area contributed by atoms with E-state index < -0.39 is 10.0 Å². The topological polar surface area (TPSA) is 92.5 Å². The molecule has 21 heavy (non-hydrogen) atoms. The third-order valence-corrected chi connectivity index (χ3v) is 5.04. The number of hydrogen-bond donors (Lipinski definition) is 2. The van der Waals surface area contributed by atoms with Gasteiger partial charge in [-0.25, -0.2) is 8.42 Å². The monoisotopic (exact) mass is 329 g/mol. The van der Waals surface area contributed by atoms with Crippen LogP contribution in [-0.4, -0.2) is 43.8 Å². The number of rotatable bonds is 7. The Balaban J connectivity index is 3.04. The first-order chi connectivity index (χ1) is 9.81. The first kappa shape index (κ1) is 17.5. The Hall–Kier alpha value is -1.51. The van der Waals surface area contributed by atoms with Gasteiger partial charge >= 0.3 is 0 Å². The Kier molecular flexibility index (Phi) is 6.25. The smallest absolute Gasteiger partial charge is 0.235 e. The summed E-state index contributed by atoms with van der Waals surface area (Å²) in [6, 6.07) is 6.82. The number of thiocarbonyl (C=S) groups is 1. The summed E-state index contributed by atoms with van der Waals surface area (Å²) < 4.78 is 26.0. The zero-order chi connectivity index (χ0) is 16.0. The van der Waals surface area contributed by atoms with Crippen molar-refractivity contribution in [2.24, 2.45) is 5.73 Å². The molecule has 0 aliphatic carbocycles. The second-order valence-corrected chi connectivity index (χ2v) is 6.79. The molecule has 0 saturated heterocycles. The molecule has 0 fully saturated rings. The highest BCUT2D eigenvalue weighted by Crippen LogP contribution is 2.15. The number of carbonyl (C=O) groups is 1. The van der Waals surface area contributed by atoms with Crippen molar-refractivity contribution in [2.75, 3.05) is 20.1 Å². The molecular formula is C13H19N3O3S2. The molecule has 1 aromatic carbocycles. The van der Waals surface area contributed by atoms with E-state index in [1.165, 1.54) is 7.05 Å². The van der Waals surface area contributed by atoms with Crippen molar-refractivity contribution in [1.82, 2.24) is 9.62 Å². The van der Waals surface area contributed by atoms with Crippen LogP contribution in [0, 0.1) is 0 Å². The highest BCUT2D eigenvalue weighted by molar-refractivity contribution is 7.88. The summed E-state index contributed by atoms with van der Waals surface area (Å²) >= 11 is 4.93. The van der Waals surface area contributed by atoms with Crippen LogP contribution in [0.3, 0.4) is 0 Å². The fourth-order valence-electron chi connectivity index (χ4n) is 1.82. The Morgan fingerprint density at radius 3 is 2.52 bits per heavy atom. The largest absolute Gasteiger partial charge is 0.389 e. The molecule has 0 aliphatic heterocycles. The fraction of sp³-hybridized carbons (Fsp3) is 0.385. The average Bonchev–Trinajstić information content (AvgIpc) is 2.44. The minimum atomic E-state index is -3.63. The van der Waals surface area contributed by atoms with Gasteiger partial charge in [-0.05, 0) is 5.56 Å². The molecule has 0 heterocycles. The number of benzene rings is 1. The van der Waals surface area contributed by atoms with Crippen molar-refractivity contribution in [3.63, 3.8) is 0 Å². The Labute approximate surface area is 130 Å². The number of sulfonamides is 1. The van der Waals surface area contributed by atoms with Crippen LogP contribution < -0.4 is 11.1 Å². The van der Waals surface area contributed by atoms with Gasteiger partial charge in [-0.15, -0.1) is 0 Å². The van der Waals surface area contributed by atoms with E-state index >= 15 is 0 Å². The summed E-state index contributed by atoms with van der Waals surface area (Å²) in [6.07, 6.45) is 0. The third kappa shape index (κ3) is 4.76. The second kappa shape index (κ2) is 7.48. The third-order valence-electron chi connectivity index (χ3n) is 2.97. The average molecular weight is 329 g/mol. The number of amides is 1. The van der Waals surface area contributed by atoms with E-state index in [4.69, 9.17) is 18.0 Å². The molecule has 0 saturated carbocycles. The SMILES string of the molecule is CCN(CC(=O)NC)S(=O)(=O)Cc1ccccc1C(N)=S. The van der Waals surface area contributed by atoms with Crippen LogP contribution in [0.2, 0.25) is 0 Å². The van der Waals surface area contributed by atoms with Gasteiger partial charge in [0.2, 0.25) is 15.9 Å². The van der Waals surface area contributed by atoms with Crippen LogP contribution in [-0.2, 0) is 20.6 Å². The van der Waals surface area contributed by atoms with Crippen LogP contribution in [0.5, 0.6) is 0 Å². The number of nitrogens with one attached hydrogen (secondary N) is 1. The number of nitrogens with zero attached hydrogens (tertiary/aromatic N) is 1. The lowest BCUT2D eigenvalue weighted by Crippen LogP contribution is -2.40. The fourth-order valence-corrected chi connectivity index (χ4v) is 3.55. The number of nitrogens with two attached hydrogens (primary N) is 1. The Bertz CT molecular complexity index is 629. The summed E-state index contributed by atoms with van der Waals surface area (Å²) in [5.74, 6) is -0.603. The summed E-state index contributed by atoms with van der Waals surface area (Å²) in [6.45, 7) is 1.69. The summed E-state index contributed by atoms with van der Waals surface area (Å²) in [7, 11) is -2.17. The summed E-state index contributed by atoms with van der Waals surface area (Å²) in [5, 5.41) is 2.41. The standard InChI is InChI=1S/C13H19N3O3S2/c1-3-16(8-12(17)15-2)21(18,19)9-10-6-4-5-7-11(10)13(14)20/h4-7H,3,8-9H2,1-2H3,(H2,14,20)(H,15,17). The molecule has 8 heteroatoms. The Morgan fingerprint density at radius 2 is 2.00 bits per heavy atom. The second-order valence-electron chi connectivity index (χ2n) is 4.38. The maximum Gasteiger partial charge on any atom is 0.235 e. The lowest BCUT2D eigenvalue weighted by molar-refractivity contribution is -0.120. The van der Waals surface area contributed by atoms with E-state index in [0.29, 0.717) is 11.1 Å². The van der Waals surface area contributed by atoms with Gasteiger partial charge < -0.3 is 11.1 Å². The highest BCUT2D eigenvalue weighted by atomic mass is 32.2. The quantitative estimate of drug-likeness (QED) is 0.698. The lowest BCUT2D eigenvalue weighted by atomic mass is 10.1. The molecule has 1 amide bonds. The van der Waals surface area contributed by atoms with Gasteiger partial charge in [-0.2, -0.15) is 4.31 Å². The van der Waals surface area contributed by atoms with Crippen molar-refractivity contribution in [1.29, 1.82) is 0 Å². The number of hydrogen-bond acceptors (Lipinski definition) is 4. The van der Waals surface area contributed by atoms with E-state index in [2.05, 4.69) is 5.32 Å². The van der Waals surface area contributed by atoms with Gasteiger partial charge in [0.05, 0.1) is 12.3 Å². The minimum absolute atomic E-state index is 0.148. The molecule has 0 radical (unpaired) electrons. The molecule has 1 aromatic rings. The molecule has 3 N–H and O–H groups in total. The van der Waals surface area contributed by atoms with E-state index in [9.17, 15) is 13.2 Å². The zero-order valence-electron chi connectivity index (χ0n) is 12.0. The van der Waals surface area contributed by atoms with Crippen LogP contribution in [0.4, 0.5) is 0 Å². The molecule has 0 spiro atoms. The molecule has 6 nitrogen and oxygen atoms in total. The van der Waals surface area contributed by atoms with Crippen LogP contribution in [0.1, 0.15) is 18.1 Å². The van der Waals surface area contributed by atoms with Gasteiger partial charge in [0.15, 0.2) is 0 Å². The van der Waals surface area contributed by atoms with Crippen molar-refractivity contribution >= 4 is 33.1 Å². The van der Waals surface area contributed by atoms with Crippen LogP contribution in [0.25, 0.3) is 0 Å². The number of carbonyl (C=O) groups excluding carboxylic acids is 1. The van der Waals surface area contributed by atoms with Crippen LogP contribution >= 0.6 is 12.2 Å². The van der Waals surface area contributed by atoms with Gasteiger partial charge in [-0.1, -0.05) is 43.4 Å². The van der Waals surface area contributed by atoms with Crippen molar-refractivity contribution < 1.29 is 13.2 Å². The zero-order valence-corrected chi connectivity index (χ0v) is 13.6. The van der Waals surface area contributed by atoms with Gasteiger partial charge in [0.25, 0.3) is 0 Å². The lowest BCUT2D eigenvalue weighted by Gasteiger charge is -2.20. The maximum atomic E-state index is 12.4. The van der Waals surface area contributed by atoms with E-state index in [0.717, 1.165) is 4.31 Å². The normalized spacial score (nSPS) is 11.4. The minimum Gasteiger partial charge on any atom is -0.389 e. The van der Waals surface area contributed by atoms with Crippen molar-refractivity contribution in [3.8, 4) is 0 Å². The molecule has 0 unspecified atom stereocenters. The summed E-state index contributed by atoms with van der Waals surface area (Å²) in [4.78, 5) is 11.5. The molecular weight excluding hydrogens is 310 g/mol. The Morgan fingerprint density at radius 1 is 1.38 bits per heavy atom. The molecule has 116 valence electrons. The molecule has 0 atom stereocenters. The van der Waals surface area contributed by atoms with E-state index in [1.54, 1.807) is 31.2 Å². The van der Waals surface area contributed by atoms with E-state index in [1.807, 2.05) is 0 Å². The molecule has 0 aliphatic rings. The highest BCUT2D eigenvalue weighted by Gasteiger charge is 2.24. The summed E-state index contributed by atoms with van der Waals surface area (Å²) in [5.41, 5.74) is 6.67. The van der Waals surface area contributed by atoms with Crippen molar-refractivity contribution in [3.05, 3.63) is 35.4 Å². The van der Waals surface area contributed by atoms with Gasteiger partial charge in [-0.3, -0.25) is 4.79 Å². The van der Waals surface area contributed by atoms with Crippen molar-refractivity contribution in [2.45, 2.75) is 12.7 Å². The molecule has 0 aromatic heterocycles. The predicted octanol–water partition coefficient (Wildman–Crippen LogP) is 0.219.